The van der Waals surface area contributed by atoms with Crippen molar-refractivity contribution in [1.82, 2.24) is 4.98 Å². The van der Waals surface area contributed by atoms with E-state index in [0.717, 1.165) is 31.8 Å². The van der Waals surface area contributed by atoms with Gasteiger partial charge in [0, 0.05) is 27.8 Å². The summed E-state index contributed by atoms with van der Waals surface area (Å²) in [5.74, 6) is 0.904. The maximum Gasteiger partial charge on any atom is 0.162 e. The zero-order chi connectivity index (χ0) is 25.8. The molecule has 5 rings (SSSR count). The Kier molecular flexibility index (Phi) is 7.72. The molecule has 5 aromatic rings. The van der Waals surface area contributed by atoms with Gasteiger partial charge in [-0.1, -0.05) is 40.2 Å². The molecule has 7 heteroatoms. The molecule has 0 aliphatic heterocycles. The number of nitrogens with one attached hydrogen (secondary N) is 1. The van der Waals surface area contributed by atoms with Gasteiger partial charge in [-0.2, -0.15) is 0 Å². The average Bonchev–Trinajstić information content (AvgIpc) is 3.32. The third-order valence-electron chi connectivity index (χ3n) is 5.91. The highest BCUT2D eigenvalue weighted by Gasteiger charge is 2.13. The normalized spacial score (nSPS) is 11.0. The first-order valence-corrected chi connectivity index (χ1v) is 13.6. The van der Waals surface area contributed by atoms with E-state index in [0.29, 0.717) is 30.2 Å². The number of fused-ring (bicyclic) bond motifs is 1. The van der Waals surface area contributed by atoms with Crippen LogP contribution >= 0.6 is 27.3 Å². The maximum absolute atomic E-state index is 14.0. The predicted molar refractivity (Wildman–Crippen MR) is 153 cm³/mol. The van der Waals surface area contributed by atoms with Crippen molar-refractivity contribution in [3.63, 3.8) is 0 Å². The van der Waals surface area contributed by atoms with Crippen LogP contribution in [-0.2, 0) is 13.2 Å². The number of nitrogens with zero attached hydrogens (tertiary/aromatic N) is 1. The molecule has 0 fully saturated rings. The van der Waals surface area contributed by atoms with Gasteiger partial charge in [0.15, 0.2) is 11.5 Å². The molecule has 188 valence electrons. The number of ether oxygens (including phenoxy) is 2. The number of halogens is 2. The molecule has 0 unspecified atom stereocenters. The second-order valence-corrected chi connectivity index (χ2v) is 10.5. The van der Waals surface area contributed by atoms with E-state index in [2.05, 4.69) is 70.6 Å². The summed E-state index contributed by atoms with van der Waals surface area (Å²) in [5.41, 5.74) is 5.89. The molecule has 1 N–H and O–H groups in total. The van der Waals surface area contributed by atoms with Gasteiger partial charge < -0.3 is 14.8 Å². The molecule has 0 aliphatic carbocycles. The monoisotopic (exact) mass is 576 g/mol. The first-order chi connectivity index (χ1) is 18.0. The lowest BCUT2D eigenvalue weighted by Gasteiger charge is -2.16. The molecule has 0 amide bonds. The van der Waals surface area contributed by atoms with Gasteiger partial charge in [-0.3, -0.25) is 0 Å². The lowest BCUT2D eigenvalue weighted by atomic mass is 10.1. The van der Waals surface area contributed by atoms with Gasteiger partial charge in [0.1, 0.15) is 17.4 Å². The molecular weight excluding hydrogens is 551 g/mol. The van der Waals surface area contributed by atoms with Crippen molar-refractivity contribution in [3.05, 3.63) is 106 Å². The Balaban J connectivity index is 1.27. The highest BCUT2D eigenvalue weighted by atomic mass is 79.9. The highest BCUT2D eigenvalue weighted by Crippen LogP contribution is 2.35. The van der Waals surface area contributed by atoms with Crippen molar-refractivity contribution >= 4 is 43.2 Å². The number of hydrogen-bond donors (Lipinski definition) is 1. The first-order valence-electron chi connectivity index (χ1n) is 12.0. The third-order valence-corrected chi connectivity index (χ3v) is 7.72. The number of anilines is 1. The largest absolute Gasteiger partial charge is 0.490 e. The number of hydrogen-bond acceptors (Lipinski definition) is 5. The van der Waals surface area contributed by atoms with E-state index in [4.69, 9.17) is 14.5 Å². The van der Waals surface area contributed by atoms with Crippen LogP contribution in [0.5, 0.6) is 11.5 Å². The Morgan fingerprint density at radius 3 is 2.49 bits per heavy atom. The summed E-state index contributed by atoms with van der Waals surface area (Å²) in [7, 11) is 0. The predicted octanol–water partition coefficient (Wildman–Crippen LogP) is 8.76. The fourth-order valence-corrected chi connectivity index (χ4v) is 5.48. The maximum atomic E-state index is 14.0. The zero-order valence-electron chi connectivity index (χ0n) is 20.6. The topological polar surface area (TPSA) is 43.4 Å². The Hall–Kier alpha value is -3.42. The minimum Gasteiger partial charge on any atom is -0.490 e. The molecule has 4 nitrogen and oxygen atoms in total. The van der Waals surface area contributed by atoms with Gasteiger partial charge in [0.25, 0.3) is 0 Å². The lowest BCUT2D eigenvalue weighted by Crippen LogP contribution is -2.04. The van der Waals surface area contributed by atoms with E-state index < -0.39 is 0 Å². The Labute approximate surface area is 228 Å². The van der Waals surface area contributed by atoms with Gasteiger partial charge in [-0.25, -0.2) is 9.37 Å². The summed E-state index contributed by atoms with van der Waals surface area (Å²) in [4.78, 5) is 4.78. The second-order valence-electron chi connectivity index (χ2n) is 8.62. The van der Waals surface area contributed by atoms with Crippen molar-refractivity contribution in [3.8, 4) is 22.1 Å². The van der Waals surface area contributed by atoms with E-state index in [-0.39, 0.29) is 12.4 Å². The van der Waals surface area contributed by atoms with Crippen LogP contribution in [0.25, 0.3) is 20.8 Å². The van der Waals surface area contributed by atoms with Crippen LogP contribution in [0.2, 0.25) is 0 Å². The smallest absolute Gasteiger partial charge is 0.162 e. The minimum atomic E-state index is -0.287. The van der Waals surface area contributed by atoms with Crippen LogP contribution in [0.15, 0.2) is 83.3 Å². The molecule has 1 heterocycles. The summed E-state index contributed by atoms with van der Waals surface area (Å²) in [6.07, 6.45) is 0. The molecular formula is C30H26BrFN2O2S. The lowest BCUT2D eigenvalue weighted by molar-refractivity contribution is 0.265. The second kappa shape index (κ2) is 11.3. The van der Waals surface area contributed by atoms with Crippen LogP contribution in [0.1, 0.15) is 23.6 Å². The summed E-state index contributed by atoms with van der Waals surface area (Å²) in [5, 5.41) is 4.49. The Morgan fingerprint density at radius 2 is 1.70 bits per heavy atom. The number of benzene rings is 4. The van der Waals surface area contributed by atoms with Crippen molar-refractivity contribution in [1.29, 1.82) is 0 Å². The van der Waals surface area contributed by atoms with Crippen LogP contribution < -0.4 is 14.8 Å². The molecule has 0 saturated heterocycles. The quantitative estimate of drug-likeness (QED) is 0.190. The SMILES string of the molecule is CCOc1cc(CNc2ccc(-c3nc4ccc(C)cc4s3)cc2)c(Br)cc1OCc1ccccc1F. The van der Waals surface area contributed by atoms with Crippen LogP contribution in [-0.4, -0.2) is 11.6 Å². The summed E-state index contributed by atoms with van der Waals surface area (Å²) >= 11 is 5.36. The van der Waals surface area contributed by atoms with Gasteiger partial charge in [-0.15, -0.1) is 11.3 Å². The fourth-order valence-electron chi connectivity index (χ4n) is 3.95. The van der Waals surface area contributed by atoms with Crippen molar-refractivity contribution in [2.45, 2.75) is 27.0 Å². The number of thiazole rings is 1. The Bertz CT molecular complexity index is 1540. The molecule has 0 spiro atoms. The molecule has 0 atom stereocenters. The van der Waals surface area contributed by atoms with Crippen molar-refractivity contribution < 1.29 is 13.9 Å². The average molecular weight is 578 g/mol. The first kappa shape index (κ1) is 25.2. The zero-order valence-corrected chi connectivity index (χ0v) is 23.0. The number of rotatable bonds is 9. The molecule has 0 saturated carbocycles. The van der Waals surface area contributed by atoms with Crippen molar-refractivity contribution in [2.24, 2.45) is 0 Å². The van der Waals surface area contributed by atoms with E-state index >= 15 is 0 Å². The molecule has 37 heavy (non-hydrogen) atoms. The summed E-state index contributed by atoms with van der Waals surface area (Å²) < 4.78 is 27.8. The van der Waals surface area contributed by atoms with E-state index in [9.17, 15) is 4.39 Å². The standard InChI is InChI=1S/C30H26BrFN2O2S/c1-3-35-27-15-22(24(31)16-28(27)36-18-21-6-4-5-7-25(21)32)17-33-23-11-9-20(10-12-23)30-34-26-13-8-19(2)14-29(26)37-30/h4-16,33H,3,17-18H2,1-2H3. The third kappa shape index (κ3) is 5.95. The van der Waals surface area contributed by atoms with Gasteiger partial charge in [-0.05, 0) is 79.6 Å². The molecule has 1 aromatic heterocycles. The minimum absolute atomic E-state index is 0.122. The Morgan fingerprint density at radius 1 is 0.919 bits per heavy atom. The molecule has 0 bridgehead atoms. The van der Waals surface area contributed by atoms with Crippen molar-refractivity contribution in [2.75, 3.05) is 11.9 Å². The van der Waals surface area contributed by atoms with Gasteiger partial charge in [0.2, 0.25) is 0 Å². The highest BCUT2D eigenvalue weighted by molar-refractivity contribution is 9.10. The van der Waals surface area contributed by atoms with E-state index in [1.165, 1.54) is 16.3 Å². The van der Waals surface area contributed by atoms with Crippen LogP contribution in [0.3, 0.4) is 0 Å². The molecule has 4 aromatic carbocycles. The summed E-state index contributed by atoms with van der Waals surface area (Å²) in [6, 6.07) is 25.1. The van der Waals surface area contributed by atoms with Gasteiger partial charge >= 0.3 is 0 Å². The molecule has 0 aliphatic rings. The fraction of sp³-hybridized carbons (Fsp3) is 0.167. The van der Waals surface area contributed by atoms with E-state index in [1.807, 2.05) is 19.1 Å². The number of aromatic nitrogens is 1. The van der Waals surface area contributed by atoms with Crippen LogP contribution in [0.4, 0.5) is 10.1 Å². The van der Waals surface area contributed by atoms with Crippen LogP contribution in [0, 0.1) is 12.7 Å². The van der Waals surface area contributed by atoms with Gasteiger partial charge in [0.05, 0.1) is 16.8 Å². The van der Waals surface area contributed by atoms with E-state index in [1.54, 1.807) is 29.5 Å². The molecule has 0 radical (unpaired) electrons. The summed E-state index contributed by atoms with van der Waals surface area (Å²) in [6.45, 7) is 5.24. The number of aryl methyl sites for hydroxylation is 1.